The first-order valence-electron chi connectivity index (χ1n) is 6.66. The highest BCUT2D eigenvalue weighted by Crippen LogP contribution is 2.29. The first-order chi connectivity index (χ1) is 10.1. The number of aliphatic hydroxyl groups excluding tert-OH is 1. The van der Waals surface area contributed by atoms with Crippen molar-refractivity contribution in [3.05, 3.63) is 45.2 Å². The molecule has 0 bridgehead atoms. The molecule has 0 unspecified atom stereocenters. The summed E-state index contributed by atoms with van der Waals surface area (Å²) in [6, 6.07) is 6.87. The molecule has 0 aliphatic rings. The van der Waals surface area contributed by atoms with Gasteiger partial charge in [0.05, 0.1) is 24.4 Å². The molecular weight excluding hydrogens is 292 g/mol. The molecule has 0 saturated heterocycles. The number of halogens is 1. The average Bonchev–Trinajstić information content (AvgIpc) is 2.49. The van der Waals surface area contributed by atoms with Crippen LogP contribution in [0.5, 0.6) is 5.75 Å². The fourth-order valence-electron chi connectivity index (χ4n) is 2.04. The van der Waals surface area contributed by atoms with E-state index < -0.39 is 0 Å². The summed E-state index contributed by atoms with van der Waals surface area (Å²) in [5, 5.41) is 14.1. The highest BCUT2D eigenvalue weighted by molar-refractivity contribution is 6.32. The number of aromatic nitrogens is 2. The Morgan fingerprint density at radius 2 is 2.14 bits per heavy atom. The lowest BCUT2D eigenvalue weighted by molar-refractivity contribution is 0.278. The van der Waals surface area contributed by atoms with Gasteiger partial charge in [0.25, 0.3) is 5.56 Å². The number of ether oxygens (including phenoxy) is 1. The normalized spacial score (nSPS) is 10.7. The summed E-state index contributed by atoms with van der Waals surface area (Å²) in [7, 11) is 1.55. The summed E-state index contributed by atoms with van der Waals surface area (Å²) in [6.45, 7) is 2.15. The molecule has 6 heteroatoms. The Morgan fingerprint density at radius 1 is 1.38 bits per heavy atom. The van der Waals surface area contributed by atoms with E-state index in [4.69, 9.17) is 16.3 Å². The molecule has 5 nitrogen and oxygen atoms in total. The number of hydrogen-bond acceptors (Lipinski definition) is 4. The van der Waals surface area contributed by atoms with Crippen molar-refractivity contribution >= 4 is 11.6 Å². The summed E-state index contributed by atoms with van der Waals surface area (Å²) in [5.74, 6) is 0.574. The molecule has 0 fully saturated rings. The van der Waals surface area contributed by atoms with Gasteiger partial charge in [-0.1, -0.05) is 18.5 Å². The lowest BCUT2D eigenvalue weighted by Gasteiger charge is -2.10. The van der Waals surface area contributed by atoms with Crippen LogP contribution in [0.25, 0.3) is 11.3 Å². The minimum absolute atomic E-state index is 0.261. The molecule has 0 radical (unpaired) electrons. The molecule has 1 heterocycles. The SMILES string of the molecule is CCCn1nc(-c2ccc(OC)c(Cl)c2)cc(CO)c1=O. The number of methoxy groups -OCH3 is 1. The molecule has 2 rings (SSSR count). The predicted molar refractivity (Wildman–Crippen MR) is 81.7 cm³/mol. The molecule has 0 aliphatic heterocycles. The molecule has 1 N–H and O–H groups in total. The van der Waals surface area contributed by atoms with Crippen molar-refractivity contribution in [1.82, 2.24) is 9.78 Å². The molecule has 0 amide bonds. The van der Waals surface area contributed by atoms with Crippen LogP contribution < -0.4 is 10.3 Å². The second-order valence-electron chi connectivity index (χ2n) is 4.59. The quantitative estimate of drug-likeness (QED) is 0.921. The topological polar surface area (TPSA) is 64.3 Å². The number of rotatable bonds is 5. The number of aryl methyl sites for hydroxylation is 1. The van der Waals surface area contributed by atoms with Gasteiger partial charge in [0.15, 0.2) is 0 Å². The molecule has 112 valence electrons. The van der Waals surface area contributed by atoms with Crippen LogP contribution in [0.2, 0.25) is 5.02 Å². The van der Waals surface area contributed by atoms with Gasteiger partial charge in [0.1, 0.15) is 5.75 Å². The van der Waals surface area contributed by atoms with E-state index in [9.17, 15) is 9.90 Å². The van der Waals surface area contributed by atoms with Crippen molar-refractivity contribution in [2.24, 2.45) is 0 Å². The number of benzene rings is 1. The van der Waals surface area contributed by atoms with E-state index in [2.05, 4.69) is 5.10 Å². The van der Waals surface area contributed by atoms with Crippen LogP contribution in [0.4, 0.5) is 0 Å². The average molecular weight is 309 g/mol. The number of aliphatic hydroxyl groups is 1. The van der Waals surface area contributed by atoms with E-state index in [1.807, 2.05) is 13.0 Å². The maximum absolute atomic E-state index is 12.0. The Balaban J connectivity index is 2.55. The fourth-order valence-corrected chi connectivity index (χ4v) is 2.30. The van der Waals surface area contributed by atoms with Crippen molar-refractivity contribution in [2.45, 2.75) is 26.5 Å². The van der Waals surface area contributed by atoms with Crippen molar-refractivity contribution in [3.8, 4) is 17.0 Å². The van der Waals surface area contributed by atoms with Gasteiger partial charge < -0.3 is 9.84 Å². The first-order valence-corrected chi connectivity index (χ1v) is 7.04. The lowest BCUT2D eigenvalue weighted by Crippen LogP contribution is -2.26. The highest BCUT2D eigenvalue weighted by atomic mass is 35.5. The van der Waals surface area contributed by atoms with Crippen LogP contribution in [0, 0.1) is 0 Å². The van der Waals surface area contributed by atoms with Crippen LogP contribution >= 0.6 is 11.6 Å². The highest BCUT2D eigenvalue weighted by Gasteiger charge is 2.11. The largest absolute Gasteiger partial charge is 0.495 e. The second-order valence-corrected chi connectivity index (χ2v) is 5.00. The van der Waals surface area contributed by atoms with Gasteiger partial charge in [0, 0.05) is 17.7 Å². The van der Waals surface area contributed by atoms with Crippen LogP contribution in [0.3, 0.4) is 0 Å². The minimum atomic E-state index is -0.318. The molecular formula is C15H17ClN2O3. The van der Waals surface area contributed by atoms with Gasteiger partial charge in [-0.3, -0.25) is 4.79 Å². The van der Waals surface area contributed by atoms with E-state index in [0.717, 1.165) is 12.0 Å². The monoisotopic (exact) mass is 308 g/mol. The smallest absolute Gasteiger partial charge is 0.272 e. The lowest BCUT2D eigenvalue weighted by atomic mass is 10.1. The third-order valence-electron chi connectivity index (χ3n) is 3.10. The van der Waals surface area contributed by atoms with Gasteiger partial charge >= 0.3 is 0 Å². The maximum atomic E-state index is 12.0. The third kappa shape index (κ3) is 3.25. The Kier molecular flexibility index (Phi) is 4.98. The predicted octanol–water partition coefficient (Wildman–Crippen LogP) is 2.47. The van der Waals surface area contributed by atoms with Crippen molar-refractivity contribution in [3.63, 3.8) is 0 Å². The zero-order valence-electron chi connectivity index (χ0n) is 12.0. The van der Waals surface area contributed by atoms with Crippen LogP contribution in [-0.2, 0) is 13.2 Å². The Hall–Kier alpha value is -1.85. The van der Waals surface area contributed by atoms with Gasteiger partial charge in [-0.25, -0.2) is 4.68 Å². The molecule has 21 heavy (non-hydrogen) atoms. The second kappa shape index (κ2) is 6.74. The standard InChI is InChI=1S/C15H17ClN2O3/c1-3-6-18-15(20)11(9-19)8-13(17-18)10-4-5-14(21-2)12(16)7-10/h4-5,7-8,19H,3,6,9H2,1-2H3. The Bertz CT molecular complexity index is 698. The van der Waals surface area contributed by atoms with Crippen molar-refractivity contribution in [1.29, 1.82) is 0 Å². The zero-order valence-corrected chi connectivity index (χ0v) is 12.7. The van der Waals surface area contributed by atoms with Gasteiger partial charge in [-0.05, 0) is 30.7 Å². The molecule has 2 aromatic rings. The zero-order chi connectivity index (χ0) is 15.4. The summed E-state index contributed by atoms with van der Waals surface area (Å²) in [5.41, 5.74) is 1.42. The summed E-state index contributed by atoms with van der Waals surface area (Å²) in [4.78, 5) is 12.0. The Labute approximate surface area is 127 Å². The van der Waals surface area contributed by atoms with Gasteiger partial charge in [-0.15, -0.1) is 0 Å². The molecule has 0 saturated carbocycles. The van der Waals surface area contributed by atoms with Crippen LogP contribution in [0.1, 0.15) is 18.9 Å². The molecule has 0 aliphatic carbocycles. The molecule has 0 spiro atoms. The van der Waals surface area contributed by atoms with E-state index in [0.29, 0.717) is 28.6 Å². The molecule has 0 atom stereocenters. The number of nitrogens with zero attached hydrogens (tertiary/aromatic N) is 2. The van der Waals surface area contributed by atoms with Gasteiger partial charge in [-0.2, -0.15) is 5.10 Å². The summed E-state index contributed by atoms with van der Waals surface area (Å²) >= 11 is 6.11. The minimum Gasteiger partial charge on any atom is -0.495 e. The maximum Gasteiger partial charge on any atom is 0.272 e. The van der Waals surface area contributed by atoms with Crippen molar-refractivity contribution in [2.75, 3.05) is 7.11 Å². The van der Waals surface area contributed by atoms with Gasteiger partial charge in [0.2, 0.25) is 0 Å². The van der Waals surface area contributed by atoms with Crippen LogP contribution in [-0.4, -0.2) is 22.0 Å². The first kappa shape index (κ1) is 15.5. The summed E-state index contributed by atoms with van der Waals surface area (Å²) in [6.07, 6.45) is 0.782. The van der Waals surface area contributed by atoms with E-state index >= 15 is 0 Å². The Morgan fingerprint density at radius 3 is 2.71 bits per heavy atom. The summed E-state index contributed by atoms with van der Waals surface area (Å²) < 4.78 is 6.49. The molecule has 1 aromatic carbocycles. The van der Waals surface area contributed by atoms with E-state index in [1.165, 1.54) is 4.68 Å². The van der Waals surface area contributed by atoms with Crippen LogP contribution in [0.15, 0.2) is 29.1 Å². The van der Waals surface area contributed by atoms with E-state index in [1.54, 1.807) is 25.3 Å². The van der Waals surface area contributed by atoms with Crippen molar-refractivity contribution < 1.29 is 9.84 Å². The number of hydrogen-bond donors (Lipinski definition) is 1. The van der Waals surface area contributed by atoms with E-state index in [-0.39, 0.29) is 12.2 Å². The fraction of sp³-hybridized carbons (Fsp3) is 0.333. The molecule has 1 aromatic heterocycles. The third-order valence-corrected chi connectivity index (χ3v) is 3.40.